The molecule has 5 heteroatoms. The van der Waals surface area contributed by atoms with Gasteiger partial charge < -0.3 is 9.64 Å². The largest absolute Gasteiger partial charge is 0.468 e. The lowest BCUT2D eigenvalue weighted by Crippen LogP contribution is -2.36. The molecular formula is C14H19NO3S. The van der Waals surface area contributed by atoms with Crippen LogP contribution in [0.4, 0.5) is 0 Å². The van der Waals surface area contributed by atoms with Crippen LogP contribution in [0, 0.1) is 0 Å². The number of nitrogens with zero attached hydrogens (tertiary/aromatic N) is 1. The summed E-state index contributed by atoms with van der Waals surface area (Å²) in [4.78, 5) is 27.4. The number of carbonyl (C=O) groups excluding carboxylic acids is 2. The van der Waals surface area contributed by atoms with Gasteiger partial charge in [0.25, 0.3) is 5.91 Å². The van der Waals surface area contributed by atoms with E-state index in [-0.39, 0.29) is 18.4 Å². The number of carbonyl (C=O) groups is 2. The molecule has 1 aromatic rings. The summed E-state index contributed by atoms with van der Waals surface area (Å²) in [5.41, 5.74) is 1.31. The average molecular weight is 281 g/mol. The summed E-state index contributed by atoms with van der Waals surface area (Å²) >= 11 is 1.58. The molecule has 0 radical (unpaired) electrons. The maximum atomic E-state index is 12.4. The van der Waals surface area contributed by atoms with Crippen LogP contribution in [-0.2, 0) is 22.4 Å². The van der Waals surface area contributed by atoms with E-state index in [4.69, 9.17) is 0 Å². The van der Waals surface area contributed by atoms with E-state index in [1.54, 1.807) is 16.2 Å². The van der Waals surface area contributed by atoms with Gasteiger partial charge >= 0.3 is 5.97 Å². The Morgan fingerprint density at radius 1 is 1.42 bits per heavy atom. The van der Waals surface area contributed by atoms with E-state index in [2.05, 4.69) is 4.74 Å². The normalized spacial score (nSPS) is 13.2. The molecule has 0 aromatic carbocycles. The second kappa shape index (κ2) is 6.19. The van der Waals surface area contributed by atoms with Gasteiger partial charge in [-0.15, -0.1) is 11.3 Å². The van der Waals surface area contributed by atoms with Crippen molar-refractivity contribution in [1.29, 1.82) is 0 Å². The molecule has 1 aliphatic rings. The van der Waals surface area contributed by atoms with Crippen LogP contribution >= 0.6 is 11.3 Å². The second-order valence-corrected chi connectivity index (χ2v) is 5.85. The summed E-state index contributed by atoms with van der Waals surface area (Å²) < 4.78 is 4.64. The summed E-state index contributed by atoms with van der Waals surface area (Å²) in [6, 6.07) is 2.00. The van der Waals surface area contributed by atoms with Gasteiger partial charge in [0.05, 0.1) is 12.0 Å². The molecule has 19 heavy (non-hydrogen) atoms. The SMILES string of the molecule is CCCN(CC(=O)OC)C(=O)c1cc2c(s1)CCC2. The number of aryl methyl sites for hydroxylation is 2. The molecular weight excluding hydrogens is 262 g/mol. The molecule has 0 saturated carbocycles. The Morgan fingerprint density at radius 2 is 2.21 bits per heavy atom. The van der Waals surface area contributed by atoms with Crippen LogP contribution in [0.25, 0.3) is 0 Å². The molecule has 2 rings (SSSR count). The maximum absolute atomic E-state index is 12.4. The third-order valence-corrected chi connectivity index (χ3v) is 4.51. The smallest absolute Gasteiger partial charge is 0.325 e. The predicted molar refractivity (Wildman–Crippen MR) is 74.6 cm³/mol. The molecule has 0 aliphatic heterocycles. The molecule has 1 amide bonds. The molecule has 0 atom stereocenters. The van der Waals surface area contributed by atoms with Gasteiger partial charge in [-0.1, -0.05) is 6.92 Å². The molecule has 0 saturated heterocycles. The first-order valence-electron chi connectivity index (χ1n) is 6.63. The van der Waals surface area contributed by atoms with Gasteiger partial charge in [-0.2, -0.15) is 0 Å². The highest BCUT2D eigenvalue weighted by Crippen LogP contribution is 2.31. The van der Waals surface area contributed by atoms with Crippen LogP contribution in [0.15, 0.2) is 6.07 Å². The topological polar surface area (TPSA) is 46.6 Å². The third kappa shape index (κ3) is 3.15. The lowest BCUT2D eigenvalue weighted by molar-refractivity contribution is -0.141. The minimum atomic E-state index is -0.370. The lowest BCUT2D eigenvalue weighted by atomic mass is 10.2. The fourth-order valence-electron chi connectivity index (χ4n) is 2.33. The van der Waals surface area contributed by atoms with E-state index in [9.17, 15) is 9.59 Å². The van der Waals surface area contributed by atoms with Crippen molar-refractivity contribution in [3.8, 4) is 0 Å². The Hall–Kier alpha value is -1.36. The third-order valence-electron chi connectivity index (χ3n) is 3.29. The molecule has 1 heterocycles. The van der Waals surface area contributed by atoms with Crippen LogP contribution in [-0.4, -0.2) is 37.0 Å². The number of fused-ring (bicyclic) bond motifs is 1. The van der Waals surface area contributed by atoms with Crippen LogP contribution in [0.5, 0.6) is 0 Å². The average Bonchev–Trinajstić information content (AvgIpc) is 2.97. The van der Waals surface area contributed by atoms with Gasteiger partial charge in [-0.25, -0.2) is 0 Å². The Kier molecular flexibility index (Phi) is 4.58. The molecule has 1 aromatic heterocycles. The van der Waals surface area contributed by atoms with Crippen molar-refractivity contribution in [1.82, 2.24) is 4.90 Å². The number of amides is 1. The summed E-state index contributed by atoms with van der Waals surface area (Å²) in [7, 11) is 1.34. The van der Waals surface area contributed by atoms with Crippen LogP contribution < -0.4 is 0 Å². The Morgan fingerprint density at radius 3 is 2.84 bits per heavy atom. The van der Waals surface area contributed by atoms with Crippen LogP contribution in [0.3, 0.4) is 0 Å². The fourth-order valence-corrected chi connectivity index (χ4v) is 3.55. The van der Waals surface area contributed by atoms with Crippen molar-refractivity contribution in [2.24, 2.45) is 0 Å². The van der Waals surface area contributed by atoms with Gasteiger partial charge in [0.15, 0.2) is 0 Å². The van der Waals surface area contributed by atoms with Crippen molar-refractivity contribution in [3.05, 3.63) is 21.4 Å². The molecule has 104 valence electrons. The van der Waals surface area contributed by atoms with E-state index in [1.807, 2.05) is 13.0 Å². The summed E-state index contributed by atoms with van der Waals surface area (Å²) in [6.07, 6.45) is 4.17. The number of esters is 1. The Labute approximate surface area is 117 Å². The monoisotopic (exact) mass is 281 g/mol. The van der Waals surface area contributed by atoms with Crippen molar-refractivity contribution < 1.29 is 14.3 Å². The first kappa shape index (κ1) is 14.1. The Bertz CT molecular complexity index is 460. The number of hydrogen-bond donors (Lipinski definition) is 0. The van der Waals surface area contributed by atoms with Gasteiger partial charge in [0.2, 0.25) is 0 Å². The van der Waals surface area contributed by atoms with E-state index in [0.717, 1.165) is 24.1 Å². The molecule has 0 N–H and O–H groups in total. The van der Waals surface area contributed by atoms with E-state index in [0.29, 0.717) is 6.54 Å². The number of ether oxygens (including phenoxy) is 1. The molecule has 1 aliphatic carbocycles. The van der Waals surface area contributed by atoms with Crippen molar-refractivity contribution in [3.63, 3.8) is 0 Å². The van der Waals surface area contributed by atoms with Crippen molar-refractivity contribution in [2.75, 3.05) is 20.2 Å². The van der Waals surface area contributed by atoms with Gasteiger partial charge in [0, 0.05) is 11.4 Å². The van der Waals surface area contributed by atoms with Gasteiger partial charge in [-0.05, 0) is 37.3 Å². The van der Waals surface area contributed by atoms with E-state index < -0.39 is 0 Å². The highest BCUT2D eigenvalue weighted by Gasteiger charge is 2.23. The highest BCUT2D eigenvalue weighted by atomic mass is 32.1. The number of thiophene rings is 1. The zero-order valence-corrected chi connectivity index (χ0v) is 12.2. The van der Waals surface area contributed by atoms with E-state index >= 15 is 0 Å². The zero-order valence-electron chi connectivity index (χ0n) is 11.4. The Balaban J connectivity index is 2.11. The predicted octanol–water partition coefficient (Wildman–Crippen LogP) is 2.26. The quantitative estimate of drug-likeness (QED) is 0.778. The highest BCUT2D eigenvalue weighted by molar-refractivity contribution is 7.14. The second-order valence-electron chi connectivity index (χ2n) is 4.72. The van der Waals surface area contributed by atoms with Crippen molar-refractivity contribution >= 4 is 23.2 Å². The summed E-state index contributed by atoms with van der Waals surface area (Å²) in [5, 5.41) is 0. The minimum Gasteiger partial charge on any atom is -0.468 e. The minimum absolute atomic E-state index is 0.0335. The maximum Gasteiger partial charge on any atom is 0.325 e. The number of hydrogen-bond acceptors (Lipinski definition) is 4. The number of methoxy groups -OCH3 is 1. The fraction of sp³-hybridized carbons (Fsp3) is 0.571. The standard InChI is InChI=1S/C14H19NO3S/c1-3-7-15(9-13(16)18-2)14(17)12-8-10-5-4-6-11(10)19-12/h8H,3-7,9H2,1-2H3. The summed E-state index contributed by atoms with van der Waals surface area (Å²) in [5.74, 6) is -0.419. The summed E-state index contributed by atoms with van der Waals surface area (Å²) in [6.45, 7) is 2.61. The first-order valence-corrected chi connectivity index (χ1v) is 7.45. The zero-order chi connectivity index (χ0) is 13.8. The molecule has 0 bridgehead atoms. The van der Waals surface area contributed by atoms with Crippen LogP contribution in [0.1, 0.15) is 39.9 Å². The van der Waals surface area contributed by atoms with Crippen molar-refractivity contribution in [2.45, 2.75) is 32.6 Å². The first-order chi connectivity index (χ1) is 9.15. The van der Waals surface area contributed by atoms with Gasteiger partial charge in [-0.3, -0.25) is 9.59 Å². The molecule has 4 nitrogen and oxygen atoms in total. The molecule has 0 unspecified atom stereocenters. The van der Waals surface area contributed by atoms with Gasteiger partial charge in [0.1, 0.15) is 6.54 Å². The van der Waals surface area contributed by atoms with Crippen LogP contribution in [0.2, 0.25) is 0 Å². The molecule has 0 spiro atoms. The lowest BCUT2D eigenvalue weighted by Gasteiger charge is -2.19. The molecule has 0 fully saturated rings. The van der Waals surface area contributed by atoms with E-state index in [1.165, 1.54) is 24.0 Å². The number of rotatable bonds is 5.